The maximum atomic E-state index is 13.4. The van der Waals surface area contributed by atoms with Gasteiger partial charge in [-0.05, 0) is 51.0 Å². The number of carbonyl (C=O) groups excluding carboxylic acids is 4. The number of aromatic nitrogens is 4. The van der Waals surface area contributed by atoms with Crippen LogP contribution in [0.2, 0.25) is 0 Å². The summed E-state index contributed by atoms with van der Waals surface area (Å²) in [5.41, 5.74) is 2.52. The molecule has 0 aliphatic carbocycles. The van der Waals surface area contributed by atoms with Crippen LogP contribution in [0.15, 0.2) is 95.0 Å². The van der Waals surface area contributed by atoms with Crippen LogP contribution in [0.4, 0.5) is 0 Å². The van der Waals surface area contributed by atoms with Crippen molar-refractivity contribution in [3.8, 4) is 0 Å². The van der Waals surface area contributed by atoms with Gasteiger partial charge in [0.2, 0.25) is 5.69 Å². The topological polar surface area (TPSA) is 344 Å². The van der Waals surface area contributed by atoms with Crippen molar-refractivity contribution < 1.29 is 81.0 Å². The van der Waals surface area contributed by atoms with E-state index in [2.05, 4.69) is 14.7 Å². The Morgan fingerprint density at radius 2 is 1.16 bits per heavy atom. The van der Waals surface area contributed by atoms with E-state index in [1.54, 1.807) is 62.4 Å². The first-order chi connectivity index (χ1) is 31.8. The number of aliphatic hydroxyl groups excluding tert-OH is 2. The van der Waals surface area contributed by atoms with E-state index in [1.807, 2.05) is 0 Å². The number of hydrogen-bond donors (Lipinski definition) is 5. The smallest absolute Gasteiger partial charge is 0.362 e. The predicted molar refractivity (Wildman–Crippen MR) is 230 cm³/mol. The SMILES string of the molecule is CCOP(=O)(CC[C@H]1O[C@@H](n2ccnc(C(=O)OC)c2=O)C(OC(=O)c2ccccc2)[C@@H]1OC(=O)c1ccccc1)OCC.NC(=O)c1nccn([C@@H]2O[C@H](CCP(=O)(O)O)[C@@H](O)[C@H]2O)c1=O. The minimum atomic E-state index is -4.30. The van der Waals surface area contributed by atoms with Crippen LogP contribution in [-0.4, -0.2) is 132 Å². The van der Waals surface area contributed by atoms with Gasteiger partial charge in [0.05, 0.1) is 49.9 Å². The number of ether oxygens (including phenoxy) is 5. The molecule has 2 aromatic carbocycles. The summed E-state index contributed by atoms with van der Waals surface area (Å²) in [6.45, 7) is 3.59. The van der Waals surface area contributed by atoms with Gasteiger partial charge in [-0.25, -0.2) is 24.4 Å². The number of methoxy groups -OCH3 is 1. The average molecular weight is 978 g/mol. The van der Waals surface area contributed by atoms with Crippen molar-refractivity contribution in [1.29, 1.82) is 0 Å². The Hall–Kier alpha value is -5.78. The van der Waals surface area contributed by atoms with Crippen molar-refractivity contribution in [2.24, 2.45) is 5.73 Å². The fraction of sp³-hybridized carbons (Fsp3) is 0.415. The molecular weight excluding hydrogens is 928 g/mol. The maximum absolute atomic E-state index is 13.4. The molecule has 67 heavy (non-hydrogen) atoms. The van der Waals surface area contributed by atoms with Crippen LogP contribution in [0.3, 0.4) is 0 Å². The lowest BCUT2D eigenvalue weighted by molar-refractivity contribution is -0.0523. The first-order valence-corrected chi connectivity index (χ1v) is 24.0. The molecule has 4 aromatic rings. The number of esters is 3. The summed E-state index contributed by atoms with van der Waals surface area (Å²) >= 11 is 0. The standard InChI is InChI=1S/C30H33N2O11P.C11H16N3O8P/c1-4-39-44(37,40-5-2)19-16-22-24(42-28(34)20-12-8-6-9-13-20)25(43-29(35)21-14-10-7-11-15-21)27(41-22)32-18-17-31-23(26(32)33)30(36)38-3;12-9(17)6-10(18)14(3-2-13-6)11-8(16)7(15)5(22-11)1-4-23(19,20)21/h6-15,17-18,22,24-25,27H,4-5,16,19H2,1-3H3;2-3,5,7-8,11,15-16H,1,4H2,(H2,12,17)(H2,19,20,21)/t22-,24-,25?,27-;5-,7-,8-,11-/m11/s1. The van der Waals surface area contributed by atoms with Gasteiger partial charge in [0, 0.05) is 24.8 Å². The molecule has 2 aliphatic heterocycles. The molecule has 6 N–H and O–H groups in total. The molecule has 2 saturated heterocycles. The van der Waals surface area contributed by atoms with Gasteiger partial charge in [-0.1, -0.05) is 36.4 Å². The number of carbonyl (C=O) groups is 4. The summed E-state index contributed by atoms with van der Waals surface area (Å²) in [4.78, 5) is 100. The van der Waals surface area contributed by atoms with Gasteiger partial charge < -0.3 is 58.5 Å². The molecule has 4 heterocycles. The molecule has 0 radical (unpaired) electrons. The zero-order chi connectivity index (χ0) is 49.1. The van der Waals surface area contributed by atoms with Crippen molar-refractivity contribution in [2.45, 2.75) is 75.8 Å². The molecule has 26 heteroatoms. The Balaban J connectivity index is 0.000000306. The van der Waals surface area contributed by atoms with Crippen LogP contribution in [0, 0.1) is 0 Å². The lowest BCUT2D eigenvalue weighted by atomic mass is 10.1. The third-order valence-electron chi connectivity index (χ3n) is 10.1. The summed E-state index contributed by atoms with van der Waals surface area (Å²) in [6.07, 6.45) is -6.81. The molecule has 8 atom stereocenters. The van der Waals surface area contributed by atoms with E-state index in [0.29, 0.717) is 0 Å². The molecule has 24 nitrogen and oxygen atoms in total. The van der Waals surface area contributed by atoms with Gasteiger partial charge in [-0.15, -0.1) is 0 Å². The molecule has 2 aromatic heterocycles. The van der Waals surface area contributed by atoms with Crippen LogP contribution in [0.1, 0.15) is 80.8 Å². The van der Waals surface area contributed by atoms with E-state index < -0.39 is 117 Å². The zero-order valence-electron chi connectivity index (χ0n) is 36.1. The Morgan fingerprint density at radius 3 is 1.67 bits per heavy atom. The van der Waals surface area contributed by atoms with E-state index in [9.17, 15) is 48.1 Å². The average Bonchev–Trinajstić information content (AvgIpc) is 3.78. The van der Waals surface area contributed by atoms with Crippen LogP contribution in [-0.2, 0) is 41.9 Å². The minimum Gasteiger partial charge on any atom is -0.464 e. The molecule has 6 rings (SSSR count). The highest BCUT2D eigenvalue weighted by Gasteiger charge is 2.52. The molecule has 1 amide bonds. The second-order valence-electron chi connectivity index (χ2n) is 14.6. The summed E-state index contributed by atoms with van der Waals surface area (Å²) in [6, 6.07) is 16.2. The lowest BCUT2D eigenvalue weighted by Crippen LogP contribution is -2.42. The number of aliphatic hydroxyl groups is 2. The summed E-state index contributed by atoms with van der Waals surface area (Å²) < 4.78 is 64.9. The molecule has 0 saturated carbocycles. The van der Waals surface area contributed by atoms with E-state index >= 15 is 0 Å². The Morgan fingerprint density at radius 1 is 0.687 bits per heavy atom. The summed E-state index contributed by atoms with van der Waals surface area (Å²) in [7, 11) is -6.78. The highest BCUT2D eigenvalue weighted by molar-refractivity contribution is 7.53. The molecule has 362 valence electrons. The largest absolute Gasteiger partial charge is 0.464 e. The number of amides is 1. The summed E-state index contributed by atoms with van der Waals surface area (Å²) in [5.74, 6) is -3.58. The van der Waals surface area contributed by atoms with Crippen LogP contribution in [0.25, 0.3) is 0 Å². The van der Waals surface area contributed by atoms with Gasteiger partial charge in [0.25, 0.3) is 17.0 Å². The van der Waals surface area contributed by atoms with Gasteiger partial charge in [-0.2, -0.15) is 0 Å². The third-order valence-corrected chi connectivity index (χ3v) is 13.0. The van der Waals surface area contributed by atoms with Crippen molar-refractivity contribution in [2.75, 3.05) is 32.6 Å². The first-order valence-electron chi connectivity index (χ1n) is 20.5. The molecule has 2 fully saturated rings. The number of benzene rings is 2. The second kappa shape index (κ2) is 23.3. The number of hydrogen-bond acceptors (Lipinski definition) is 19. The monoisotopic (exact) mass is 977 g/mol. The highest BCUT2D eigenvalue weighted by Crippen LogP contribution is 2.50. The van der Waals surface area contributed by atoms with Gasteiger partial charge in [-0.3, -0.25) is 32.6 Å². The molecule has 0 bridgehead atoms. The molecule has 0 spiro atoms. The van der Waals surface area contributed by atoms with Crippen molar-refractivity contribution >= 4 is 39.0 Å². The number of nitrogens with two attached hydrogens (primary N) is 1. The predicted octanol–water partition coefficient (Wildman–Crippen LogP) is 1.56. The third kappa shape index (κ3) is 13.2. The van der Waals surface area contributed by atoms with E-state index in [1.165, 1.54) is 24.5 Å². The van der Waals surface area contributed by atoms with Crippen molar-refractivity contribution in [3.05, 3.63) is 129 Å². The normalized spacial score (nSPS) is 22.6. The minimum absolute atomic E-state index is 0.0381. The molecule has 1 unspecified atom stereocenters. The maximum Gasteiger partial charge on any atom is 0.362 e. The molecule has 2 aliphatic rings. The second-order valence-corrected chi connectivity index (χ2v) is 18.5. The Bertz CT molecular complexity index is 2570. The van der Waals surface area contributed by atoms with E-state index in [0.717, 1.165) is 28.6 Å². The lowest BCUT2D eigenvalue weighted by Gasteiger charge is -2.25. The van der Waals surface area contributed by atoms with Gasteiger partial charge >= 0.3 is 33.1 Å². The Labute approximate surface area is 381 Å². The molecular formula is C41H49N5O19P2. The Kier molecular flexibility index (Phi) is 18.1. The van der Waals surface area contributed by atoms with Crippen LogP contribution >= 0.6 is 15.2 Å². The van der Waals surface area contributed by atoms with Gasteiger partial charge in [0.15, 0.2) is 30.4 Å². The van der Waals surface area contributed by atoms with Crippen LogP contribution < -0.4 is 16.9 Å². The van der Waals surface area contributed by atoms with E-state index in [-0.39, 0.29) is 43.3 Å². The summed E-state index contributed by atoms with van der Waals surface area (Å²) in [5, 5.41) is 19.9. The number of nitrogens with zero attached hydrogens (tertiary/aromatic N) is 4. The first kappa shape index (κ1) is 52.2. The van der Waals surface area contributed by atoms with Crippen molar-refractivity contribution in [3.63, 3.8) is 0 Å². The number of rotatable bonds is 18. The van der Waals surface area contributed by atoms with Gasteiger partial charge in [0.1, 0.15) is 18.3 Å². The quantitative estimate of drug-likeness (QED) is 0.0536. The number of primary amides is 1. The fourth-order valence-corrected chi connectivity index (χ4v) is 9.24. The zero-order valence-corrected chi connectivity index (χ0v) is 37.9. The fourth-order valence-electron chi connectivity index (χ4n) is 6.96. The van der Waals surface area contributed by atoms with E-state index in [4.69, 9.17) is 43.5 Å². The highest BCUT2D eigenvalue weighted by atomic mass is 31.2. The van der Waals surface area contributed by atoms with Crippen molar-refractivity contribution in [1.82, 2.24) is 19.1 Å². The van der Waals surface area contributed by atoms with Crippen LogP contribution in [0.5, 0.6) is 0 Å².